The number of carbonyl (C=O) groups is 1. The molecule has 1 amide bonds. The van der Waals surface area contributed by atoms with E-state index in [1.54, 1.807) is 42.7 Å². The van der Waals surface area contributed by atoms with Gasteiger partial charge in [0, 0.05) is 47.3 Å². The minimum absolute atomic E-state index is 0.0468. The van der Waals surface area contributed by atoms with Crippen molar-refractivity contribution < 1.29 is 14.1 Å². The van der Waals surface area contributed by atoms with Crippen LogP contribution in [-0.2, 0) is 0 Å². The molecule has 10 nitrogen and oxygen atoms in total. The van der Waals surface area contributed by atoms with Gasteiger partial charge < -0.3 is 14.6 Å². The first-order valence-corrected chi connectivity index (χ1v) is 12.2. The molecule has 12 heteroatoms. The molecule has 2 aromatic heterocycles. The van der Waals surface area contributed by atoms with Gasteiger partial charge in [-0.05, 0) is 77.4 Å². The Kier molecular flexibility index (Phi) is 6.61. The lowest BCUT2D eigenvalue weighted by atomic mass is 10.1. The van der Waals surface area contributed by atoms with Crippen LogP contribution in [0.3, 0.4) is 0 Å². The Morgan fingerprint density at radius 1 is 1.14 bits per heavy atom. The van der Waals surface area contributed by atoms with Gasteiger partial charge in [-0.2, -0.15) is 0 Å². The van der Waals surface area contributed by atoms with Gasteiger partial charge in [-0.1, -0.05) is 0 Å². The summed E-state index contributed by atoms with van der Waals surface area (Å²) in [6, 6.07) is 11.5. The number of rotatable bonds is 5. The van der Waals surface area contributed by atoms with Crippen LogP contribution < -0.4 is 15.5 Å². The molecule has 0 bridgehead atoms. The van der Waals surface area contributed by atoms with E-state index < -0.39 is 10.8 Å². The average Bonchev–Trinajstić information content (AvgIpc) is 3.53. The monoisotopic (exact) mass is 566 g/mol. The summed E-state index contributed by atoms with van der Waals surface area (Å²) in [5.74, 6) is -0.124. The molecule has 2 N–H and O–H groups in total. The number of nitrogens with zero attached hydrogens (tertiary/aromatic N) is 4. The first-order valence-electron chi connectivity index (χ1n) is 11.0. The van der Waals surface area contributed by atoms with Crippen molar-refractivity contribution in [2.45, 2.75) is 12.8 Å². The zero-order valence-electron chi connectivity index (χ0n) is 18.7. The number of halogens is 1. The fourth-order valence-electron chi connectivity index (χ4n) is 4.03. The molecule has 0 spiro atoms. The lowest BCUT2D eigenvalue weighted by Crippen LogP contribution is -2.34. The second-order valence-corrected chi connectivity index (χ2v) is 9.48. The van der Waals surface area contributed by atoms with Crippen molar-refractivity contribution in [2.75, 3.05) is 23.3 Å². The smallest absolute Gasteiger partial charge is 0.293 e. The number of amides is 1. The first kappa shape index (κ1) is 23.8. The fourth-order valence-corrected chi connectivity index (χ4v) is 4.61. The third-order valence-electron chi connectivity index (χ3n) is 5.71. The van der Waals surface area contributed by atoms with E-state index in [-0.39, 0.29) is 16.4 Å². The summed E-state index contributed by atoms with van der Waals surface area (Å²) in [6.07, 6.45) is 5.30. The highest BCUT2D eigenvalue weighted by Gasteiger charge is 2.24. The molecular formula is C24H19BrN6O4S. The van der Waals surface area contributed by atoms with E-state index in [9.17, 15) is 14.9 Å². The molecule has 3 heterocycles. The molecule has 1 fully saturated rings. The Morgan fingerprint density at radius 2 is 1.94 bits per heavy atom. The zero-order valence-corrected chi connectivity index (χ0v) is 21.1. The molecule has 0 unspecified atom stereocenters. The molecule has 0 aliphatic carbocycles. The SMILES string of the molecule is O=C(NC(=S)Nc1ccc2oc(-c3cncc(Br)c3)nc2c1)c1ccc(N2CCCC2)c([N+](=O)[O-])c1. The average molecular weight is 567 g/mol. The molecule has 1 aliphatic rings. The van der Waals surface area contributed by atoms with Crippen molar-refractivity contribution in [3.05, 3.63) is 75.0 Å². The van der Waals surface area contributed by atoms with Crippen molar-refractivity contribution >= 4 is 67.3 Å². The van der Waals surface area contributed by atoms with Crippen LogP contribution in [-0.4, -0.2) is 39.0 Å². The van der Waals surface area contributed by atoms with Crippen LogP contribution in [0.5, 0.6) is 0 Å². The normalized spacial score (nSPS) is 13.1. The zero-order chi connectivity index (χ0) is 25.2. The maximum atomic E-state index is 12.7. The second kappa shape index (κ2) is 9.99. The van der Waals surface area contributed by atoms with Gasteiger partial charge in [0.05, 0.1) is 10.5 Å². The number of anilines is 2. The summed E-state index contributed by atoms with van der Waals surface area (Å²) in [6.45, 7) is 1.52. The van der Waals surface area contributed by atoms with Crippen molar-refractivity contribution in [2.24, 2.45) is 0 Å². The quantitative estimate of drug-likeness (QED) is 0.188. The van der Waals surface area contributed by atoms with Crippen LogP contribution in [0.25, 0.3) is 22.6 Å². The number of nitro groups is 1. The Labute approximate surface area is 219 Å². The number of oxazole rings is 1. The van der Waals surface area contributed by atoms with Gasteiger partial charge >= 0.3 is 0 Å². The maximum Gasteiger partial charge on any atom is 0.293 e. The van der Waals surface area contributed by atoms with Crippen molar-refractivity contribution in [1.82, 2.24) is 15.3 Å². The first-order chi connectivity index (χ1) is 17.4. The van der Waals surface area contributed by atoms with E-state index in [1.807, 2.05) is 11.0 Å². The number of nitrogens with one attached hydrogen (secondary N) is 2. The van der Waals surface area contributed by atoms with Gasteiger partial charge in [0.25, 0.3) is 11.6 Å². The number of hydrogen-bond donors (Lipinski definition) is 2. The van der Waals surface area contributed by atoms with E-state index >= 15 is 0 Å². The number of nitro benzene ring substituents is 1. The predicted octanol–water partition coefficient (Wildman–Crippen LogP) is 5.29. The number of hydrogen-bond acceptors (Lipinski definition) is 8. The summed E-state index contributed by atoms with van der Waals surface area (Å²) in [5.41, 5.74) is 3.06. The van der Waals surface area contributed by atoms with Crippen LogP contribution in [0.1, 0.15) is 23.2 Å². The number of fused-ring (bicyclic) bond motifs is 1. The van der Waals surface area contributed by atoms with Crippen LogP contribution in [0.15, 0.2) is 63.7 Å². The maximum absolute atomic E-state index is 12.7. The topological polar surface area (TPSA) is 126 Å². The highest BCUT2D eigenvalue weighted by molar-refractivity contribution is 9.10. The van der Waals surface area contributed by atoms with E-state index in [0.29, 0.717) is 28.4 Å². The Morgan fingerprint density at radius 3 is 2.69 bits per heavy atom. The van der Waals surface area contributed by atoms with E-state index in [4.69, 9.17) is 16.6 Å². The summed E-state index contributed by atoms with van der Waals surface area (Å²) in [7, 11) is 0. The van der Waals surface area contributed by atoms with Gasteiger partial charge in [-0.3, -0.25) is 25.2 Å². The molecule has 36 heavy (non-hydrogen) atoms. The Hall–Kier alpha value is -3.90. The van der Waals surface area contributed by atoms with Gasteiger partial charge in [0.15, 0.2) is 10.7 Å². The highest BCUT2D eigenvalue weighted by Crippen LogP contribution is 2.32. The fraction of sp³-hybridized carbons (Fsp3) is 0.167. The number of pyridine rings is 1. The number of aromatic nitrogens is 2. The standard InChI is InChI=1S/C24H19BrN6O4S/c25-16-9-15(12-26-13-16)23-28-18-11-17(4-6-21(18)35-23)27-24(36)29-22(32)14-3-5-19(20(10-14)31(33)34)30-7-1-2-8-30/h3-6,9-13H,1-2,7-8H2,(H2,27,29,32,36). The summed E-state index contributed by atoms with van der Waals surface area (Å²) >= 11 is 8.67. The lowest BCUT2D eigenvalue weighted by Gasteiger charge is -2.18. The number of thiocarbonyl (C=S) groups is 1. The largest absolute Gasteiger partial charge is 0.436 e. The molecule has 0 saturated carbocycles. The number of carbonyl (C=O) groups excluding carboxylic acids is 1. The van der Waals surface area contributed by atoms with Crippen molar-refractivity contribution in [3.8, 4) is 11.5 Å². The van der Waals surface area contributed by atoms with Crippen LogP contribution >= 0.6 is 28.1 Å². The lowest BCUT2D eigenvalue weighted by molar-refractivity contribution is -0.384. The minimum atomic E-state index is -0.546. The Balaban J connectivity index is 1.29. The van der Waals surface area contributed by atoms with Crippen LogP contribution in [0.4, 0.5) is 17.1 Å². The Bertz CT molecular complexity index is 1500. The molecule has 2 aromatic carbocycles. The molecular weight excluding hydrogens is 548 g/mol. The van der Waals surface area contributed by atoms with E-state index in [2.05, 4.69) is 36.5 Å². The molecule has 1 saturated heterocycles. The van der Waals surface area contributed by atoms with Crippen LogP contribution in [0, 0.1) is 10.1 Å². The third kappa shape index (κ3) is 5.04. The molecule has 0 atom stereocenters. The van der Waals surface area contributed by atoms with Gasteiger partial charge in [-0.25, -0.2) is 4.98 Å². The van der Waals surface area contributed by atoms with Gasteiger partial charge in [0.1, 0.15) is 11.2 Å². The van der Waals surface area contributed by atoms with Gasteiger partial charge in [0.2, 0.25) is 5.89 Å². The highest BCUT2D eigenvalue weighted by atomic mass is 79.9. The molecule has 4 aromatic rings. The van der Waals surface area contributed by atoms with E-state index in [0.717, 1.165) is 36.0 Å². The molecule has 5 rings (SSSR count). The van der Waals surface area contributed by atoms with Crippen molar-refractivity contribution in [1.29, 1.82) is 0 Å². The summed E-state index contributed by atoms with van der Waals surface area (Å²) < 4.78 is 6.61. The number of benzene rings is 2. The second-order valence-electron chi connectivity index (χ2n) is 8.16. The predicted molar refractivity (Wildman–Crippen MR) is 143 cm³/mol. The van der Waals surface area contributed by atoms with Crippen molar-refractivity contribution in [3.63, 3.8) is 0 Å². The molecule has 0 radical (unpaired) electrons. The molecule has 182 valence electrons. The van der Waals surface area contributed by atoms with E-state index in [1.165, 1.54) is 6.07 Å². The molecule has 1 aliphatic heterocycles. The van der Waals surface area contributed by atoms with Gasteiger partial charge in [-0.15, -0.1) is 0 Å². The summed E-state index contributed by atoms with van der Waals surface area (Å²) in [5, 5.41) is 17.2. The minimum Gasteiger partial charge on any atom is -0.436 e. The third-order valence-corrected chi connectivity index (χ3v) is 6.34. The summed E-state index contributed by atoms with van der Waals surface area (Å²) in [4.78, 5) is 34.5. The van der Waals surface area contributed by atoms with Crippen LogP contribution in [0.2, 0.25) is 0 Å².